The van der Waals surface area contributed by atoms with Crippen molar-refractivity contribution >= 4 is 5.95 Å². The molecule has 0 aliphatic heterocycles. The summed E-state index contributed by atoms with van der Waals surface area (Å²) in [5.41, 5.74) is 3.95. The first-order valence-electron chi connectivity index (χ1n) is 5.67. The van der Waals surface area contributed by atoms with Crippen LogP contribution in [0.4, 0.5) is 5.95 Å². The van der Waals surface area contributed by atoms with Crippen LogP contribution in [-0.2, 0) is 13.5 Å². The van der Waals surface area contributed by atoms with Gasteiger partial charge in [-0.1, -0.05) is 31.2 Å². The lowest BCUT2D eigenvalue weighted by molar-refractivity contribution is 0.783. The molecule has 2 rings (SSSR count). The summed E-state index contributed by atoms with van der Waals surface area (Å²) in [7, 11) is 1.64. The zero-order valence-electron chi connectivity index (χ0n) is 10.3. The summed E-state index contributed by atoms with van der Waals surface area (Å²) in [6.07, 6.45) is 0.861. The van der Waals surface area contributed by atoms with Crippen LogP contribution in [0.3, 0.4) is 0 Å². The van der Waals surface area contributed by atoms with E-state index in [2.05, 4.69) is 22.3 Å². The van der Waals surface area contributed by atoms with Gasteiger partial charge in [0.15, 0.2) is 0 Å². The van der Waals surface area contributed by atoms with Gasteiger partial charge < -0.3 is 0 Å². The molecule has 3 N–H and O–H groups in total. The van der Waals surface area contributed by atoms with Crippen LogP contribution in [0.15, 0.2) is 29.1 Å². The highest BCUT2D eigenvalue weighted by Gasteiger charge is 2.11. The monoisotopic (exact) mass is 245 g/mol. The van der Waals surface area contributed by atoms with E-state index in [0.717, 1.165) is 17.5 Å². The first-order chi connectivity index (χ1) is 8.67. The third kappa shape index (κ3) is 2.10. The zero-order valence-corrected chi connectivity index (χ0v) is 10.3. The van der Waals surface area contributed by atoms with E-state index in [1.165, 1.54) is 4.57 Å². The predicted octanol–water partition coefficient (Wildman–Crippen LogP) is 0.690. The maximum Gasteiger partial charge on any atom is 0.352 e. The minimum Gasteiger partial charge on any atom is -0.292 e. The number of aryl methyl sites for hydroxylation is 1. The minimum atomic E-state index is -0.390. The molecule has 0 saturated heterocycles. The molecular weight excluding hydrogens is 230 g/mol. The molecule has 6 nitrogen and oxygen atoms in total. The van der Waals surface area contributed by atoms with Crippen molar-refractivity contribution in [1.29, 1.82) is 0 Å². The van der Waals surface area contributed by atoms with E-state index < -0.39 is 0 Å². The molecule has 0 atom stereocenters. The van der Waals surface area contributed by atoms with Gasteiger partial charge in [-0.2, -0.15) is 9.97 Å². The van der Waals surface area contributed by atoms with Gasteiger partial charge in [0.05, 0.1) is 0 Å². The number of nitrogens with zero attached hydrogens (tertiary/aromatic N) is 3. The van der Waals surface area contributed by atoms with Crippen molar-refractivity contribution in [2.45, 2.75) is 13.3 Å². The Bertz CT molecular complexity index is 620. The summed E-state index contributed by atoms with van der Waals surface area (Å²) < 4.78 is 1.41. The lowest BCUT2D eigenvalue weighted by atomic mass is 10.0. The van der Waals surface area contributed by atoms with Crippen molar-refractivity contribution in [3.63, 3.8) is 0 Å². The van der Waals surface area contributed by atoms with E-state index in [4.69, 9.17) is 5.84 Å². The van der Waals surface area contributed by atoms with E-state index in [1.54, 1.807) is 7.05 Å². The first kappa shape index (κ1) is 12.3. The molecule has 18 heavy (non-hydrogen) atoms. The number of hydrazine groups is 1. The van der Waals surface area contributed by atoms with Crippen LogP contribution >= 0.6 is 0 Å². The smallest absolute Gasteiger partial charge is 0.292 e. The summed E-state index contributed by atoms with van der Waals surface area (Å²) in [4.78, 5) is 19.6. The van der Waals surface area contributed by atoms with Crippen LogP contribution in [0.25, 0.3) is 11.4 Å². The summed E-state index contributed by atoms with van der Waals surface area (Å²) in [5, 5.41) is 0. The summed E-state index contributed by atoms with van der Waals surface area (Å²) in [6, 6.07) is 7.82. The molecule has 0 amide bonds. The lowest BCUT2D eigenvalue weighted by Crippen LogP contribution is -2.26. The van der Waals surface area contributed by atoms with Crippen molar-refractivity contribution in [2.24, 2.45) is 12.9 Å². The second-order valence-corrected chi connectivity index (χ2v) is 3.87. The molecule has 2 aromatic rings. The molecule has 1 heterocycles. The van der Waals surface area contributed by atoms with Gasteiger partial charge in [0, 0.05) is 12.6 Å². The van der Waals surface area contributed by atoms with Gasteiger partial charge in [0.2, 0.25) is 5.95 Å². The Morgan fingerprint density at radius 2 is 2.06 bits per heavy atom. The molecule has 0 bridgehead atoms. The highest BCUT2D eigenvalue weighted by atomic mass is 16.1. The minimum absolute atomic E-state index is 0.124. The zero-order chi connectivity index (χ0) is 13.1. The van der Waals surface area contributed by atoms with Crippen molar-refractivity contribution in [3.8, 4) is 11.4 Å². The van der Waals surface area contributed by atoms with Crippen molar-refractivity contribution in [1.82, 2.24) is 14.5 Å². The van der Waals surface area contributed by atoms with E-state index in [1.807, 2.05) is 24.3 Å². The molecule has 0 radical (unpaired) electrons. The van der Waals surface area contributed by atoms with Crippen LogP contribution in [0.5, 0.6) is 0 Å². The van der Waals surface area contributed by atoms with Gasteiger partial charge in [-0.15, -0.1) is 0 Å². The molecular formula is C12H15N5O. The Morgan fingerprint density at radius 1 is 1.33 bits per heavy atom. The normalized spacial score (nSPS) is 10.4. The fraction of sp³-hybridized carbons (Fsp3) is 0.250. The maximum atomic E-state index is 11.7. The second-order valence-electron chi connectivity index (χ2n) is 3.87. The molecule has 0 fully saturated rings. The number of hydrogen-bond donors (Lipinski definition) is 2. The van der Waals surface area contributed by atoms with Gasteiger partial charge in [0.1, 0.15) is 5.82 Å². The van der Waals surface area contributed by atoms with Gasteiger partial charge in [-0.05, 0) is 12.0 Å². The first-order valence-corrected chi connectivity index (χ1v) is 5.67. The van der Waals surface area contributed by atoms with Gasteiger partial charge in [0.25, 0.3) is 0 Å². The highest BCUT2D eigenvalue weighted by Crippen LogP contribution is 2.21. The number of benzene rings is 1. The molecule has 0 aliphatic carbocycles. The number of anilines is 1. The average Bonchev–Trinajstić information content (AvgIpc) is 2.41. The Kier molecular flexibility index (Phi) is 3.38. The molecule has 1 aromatic carbocycles. The average molecular weight is 245 g/mol. The van der Waals surface area contributed by atoms with Crippen molar-refractivity contribution < 1.29 is 0 Å². The molecule has 94 valence electrons. The van der Waals surface area contributed by atoms with E-state index in [9.17, 15) is 4.79 Å². The number of rotatable bonds is 3. The summed E-state index contributed by atoms with van der Waals surface area (Å²) in [5.74, 6) is 5.94. The van der Waals surface area contributed by atoms with Gasteiger partial charge in [-0.3, -0.25) is 9.99 Å². The SMILES string of the molecule is CCc1ccccc1-c1nc(NN)nc(=O)n1C. The third-order valence-electron chi connectivity index (χ3n) is 2.79. The summed E-state index contributed by atoms with van der Waals surface area (Å²) >= 11 is 0. The number of hydrogen-bond acceptors (Lipinski definition) is 5. The van der Waals surface area contributed by atoms with E-state index >= 15 is 0 Å². The van der Waals surface area contributed by atoms with E-state index in [-0.39, 0.29) is 11.6 Å². The molecule has 1 aromatic heterocycles. The largest absolute Gasteiger partial charge is 0.352 e. The van der Waals surface area contributed by atoms with Gasteiger partial charge >= 0.3 is 5.69 Å². The lowest BCUT2D eigenvalue weighted by Gasteiger charge is -2.11. The predicted molar refractivity (Wildman–Crippen MR) is 69.9 cm³/mol. The third-order valence-corrected chi connectivity index (χ3v) is 2.79. The fourth-order valence-corrected chi connectivity index (χ4v) is 1.81. The second kappa shape index (κ2) is 4.97. The Labute approximate surface area is 104 Å². The Hall–Kier alpha value is -2.21. The van der Waals surface area contributed by atoms with Crippen LogP contribution in [0.2, 0.25) is 0 Å². The standard InChI is InChI=1S/C12H15N5O/c1-3-8-6-4-5-7-9(8)10-14-11(16-13)15-12(18)17(10)2/h4-7H,3,13H2,1-2H3,(H,15,16,18). The fourth-order valence-electron chi connectivity index (χ4n) is 1.81. The highest BCUT2D eigenvalue weighted by molar-refractivity contribution is 5.61. The molecule has 0 unspecified atom stereocenters. The number of aromatic nitrogens is 3. The molecule has 0 saturated carbocycles. The molecule has 0 aliphatic rings. The Balaban J connectivity index is 2.70. The van der Waals surface area contributed by atoms with Gasteiger partial charge in [-0.25, -0.2) is 10.6 Å². The molecule has 6 heteroatoms. The summed E-state index contributed by atoms with van der Waals surface area (Å²) in [6.45, 7) is 2.06. The topological polar surface area (TPSA) is 85.8 Å². The van der Waals surface area contributed by atoms with Crippen LogP contribution in [-0.4, -0.2) is 14.5 Å². The Morgan fingerprint density at radius 3 is 2.72 bits per heavy atom. The number of nitrogens with one attached hydrogen (secondary N) is 1. The maximum absolute atomic E-state index is 11.7. The van der Waals surface area contributed by atoms with Crippen LogP contribution in [0.1, 0.15) is 12.5 Å². The quantitative estimate of drug-likeness (QED) is 0.614. The number of nitrogens with two attached hydrogens (primary N) is 1. The van der Waals surface area contributed by atoms with Crippen molar-refractivity contribution in [3.05, 3.63) is 40.3 Å². The molecule has 0 spiro atoms. The van der Waals surface area contributed by atoms with E-state index in [0.29, 0.717) is 5.82 Å². The van der Waals surface area contributed by atoms with Crippen molar-refractivity contribution in [2.75, 3.05) is 5.43 Å². The van der Waals surface area contributed by atoms with Crippen LogP contribution < -0.4 is 17.0 Å². The van der Waals surface area contributed by atoms with Crippen LogP contribution in [0, 0.1) is 0 Å². The number of nitrogen functional groups attached to an aromatic ring is 1.